The van der Waals surface area contributed by atoms with Crippen molar-refractivity contribution < 1.29 is 4.79 Å². The average Bonchev–Trinajstić information content (AvgIpc) is 3.20. The summed E-state index contributed by atoms with van der Waals surface area (Å²) in [5.41, 5.74) is 1.22. The molecule has 0 unspecified atom stereocenters. The highest BCUT2D eigenvalue weighted by Gasteiger charge is 2.22. The third-order valence-corrected chi connectivity index (χ3v) is 3.80. The summed E-state index contributed by atoms with van der Waals surface area (Å²) in [6, 6.07) is 10.0. The van der Waals surface area contributed by atoms with Crippen molar-refractivity contribution in [1.29, 1.82) is 0 Å². The number of carbonyl (C=O) groups excluding carboxylic acids is 1. The first kappa shape index (κ1) is 14.5. The zero-order valence-corrected chi connectivity index (χ0v) is 12.6. The molecule has 0 saturated heterocycles. The van der Waals surface area contributed by atoms with Crippen molar-refractivity contribution in [1.82, 2.24) is 19.8 Å². The van der Waals surface area contributed by atoms with Crippen molar-refractivity contribution in [2.75, 3.05) is 13.6 Å². The Hall–Kier alpha value is -2.40. The van der Waals surface area contributed by atoms with Crippen LogP contribution in [0.1, 0.15) is 11.4 Å². The van der Waals surface area contributed by atoms with E-state index >= 15 is 0 Å². The third kappa shape index (κ3) is 3.26. The van der Waals surface area contributed by atoms with Crippen molar-refractivity contribution in [3.63, 3.8) is 0 Å². The summed E-state index contributed by atoms with van der Waals surface area (Å²) < 4.78 is 2.08. The van der Waals surface area contributed by atoms with Gasteiger partial charge in [0.15, 0.2) is 0 Å². The second-order valence-electron chi connectivity index (χ2n) is 5.47. The smallest absolute Gasteiger partial charge is 0.243 e. The molecule has 1 aliphatic rings. The summed E-state index contributed by atoms with van der Waals surface area (Å²) in [5.74, 6) is 0.963. The summed E-state index contributed by atoms with van der Waals surface area (Å²) in [7, 11) is 1.82. The molecule has 22 heavy (non-hydrogen) atoms. The normalized spacial score (nSPS) is 16.9. The molecule has 2 heterocycles. The SMILES string of the molecule is CN(Cc1nccn1Cc1ccccc1)C(=O)[C@H]1C=CCN1. The zero-order chi connectivity index (χ0) is 15.4. The highest BCUT2D eigenvalue weighted by Crippen LogP contribution is 2.09. The van der Waals surface area contributed by atoms with Crippen LogP contribution in [0, 0.1) is 0 Å². The first-order valence-corrected chi connectivity index (χ1v) is 7.43. The standard InChI is InChI=1S/C17H20N4O/c1-20(17(22)15-8-5-9-18-15)13-16-19-10-11-21(16)12-14-6-3-2-4-7-14/h2-8,10-11,15,18H,9,12-13H2,1H3/t15-/m1/s1. The second-order valence-corrected chi connectivity index (χ2v) is 5.47. The van der Waals surface area contributed by atoms with E-state index in [9.17, 15) is 4.79 Å². The lowest BCUT2D eigenvalue weighted by molar-refractivity contribution is -0.131. The molecular formula is C17H20N4O. The molecule has 0 spiro atoms. The number of nitrogens with zero attached hydrogens (tertiary/aromatic N) is 3. The zero-order valence-electron chi connectivity index (χ0n) is 12.6. The fraction of sp³-hybridized carbons (Fsp3) is 0.294. The van der Waals surface area contributed by atoms with Gasteiger partial charge in [0.05, 0.1) is 6.54 Å². The van der Waals surface area contributed by atoms with Crippen LogP contribution in [0.15, 0.2) is 54.9 Å². The summed E-state index contributed by atoms with van der Waals surface area (Å²) in [4.78, 5) is 18.4. The number of hydrogen-bond acceptors (Lipinski definition) is 3. The number of rotatable bonds is 5. The van der Waals surface area contributed by atoms with E-state index in [2.05, 4.69) is 27.0 Å². The van der Waals surface area contributed by atoms with Crippen LogP contribution in [-0.2, 0) is 17.9 Å². The molecule has 1 amide bonds. The molecular weight excluding hydrogens is 276 g/mol. The average molecular weight is 296 g/mol. The maximum Gasteiger partial charge on any atom is 0.243 e. The largest absolute Gasteiger partial charge is 0.337 e. The van der Waals surface area contributed by atoms with E-state index in [-0.39, 0.29) is 11.9 Å². The van der Waals surface area contributed by atoms with Gasteiger partial charge in [-0.2, -0.15) is 0 Å². The molecule has 0 fully saturated rings. The Balaban J connectivity index is 1.67. The van der Waals surface area contributed by atoms with Gasteiger partial charge in [-0.25, -0.2) is 4.98 Å². The Morgan fingerprint density at radius 2 is 2.23 bits per heavy atom. The van der Waals surface area contributed by atoms with E-state index in [1.165, 1.54) is 5.56 Å². The van der Waals surface area contributed by atoms with Crippen LogP contribution in [0.4, 0.5) is 0 Å². The van der Waals surface area contributed by atoms with Crippen molar-refractivity contribution in [3.05, 3.63) is 66.3 Å². The summed E-state index contributed by atoms with van der Waals surface area (Å²) >= 11 is 0. The Kier molecular flexibility index (Phi) is 4.34. The molecule has 3 rings (SSSR count). The Labute approximate surface area is 130 Å². The minimum Gasteiger partial charge on any atom is -0.337 e. The van der Waals surface area contributed by atoms with Gasteiger partial charge in [-0.15, -0.1) is 0 Å². The minimum absolute atomic E-state index is 0.0722. The minimum atomic E-state index is -0.206. The molecule has 2 aromatic rings. The van der Waals surface area contributed by atoms with Crippen LogP contribution >= 0.6 is 0 Å². The molecule has 0 saturated carbocycles. The second kappa shape index (κ2) is 6.58. The Bertz CT molecular complexity index is 662. The van der Waals surface area contributed by atoms with Crippen LogP contribution in [0.2, 0.25) is 0 Å². The third-order valence-electron chi connectivity index (χ3n) is 3.80. The first-order chi connectivity index (χ1) is 10.7. The summed E-state index contributed by atoms with van der Waals surface area (Å²) in [5, 5.41) is 3.14. The molecule has 0 bridgehead atoms. The molecule has 5 heteroatoms. The van der Waals surface area contributed by atoms with Gasteiger partial charge in [-0.3, -0.25) is 10.1 Å². The molecule has 0 radical (unpaired) electrons. The fourth-order valence-corrected chi connectivity index (χ4v) is 2.58. The van der Waals surface area contributed by atoms with Crippen LogP contribution in [0.25, 0.3) is 0 Å². The van der Waals surface area contributed by atoms with Crippen molar-refractivity contribution >= 4 is 5.91 Å². The van der Waals surface area contributed by atoms with E-state index in [1.54, 1.807) is 11.1 Å². The molecule has 5 nitrogen and oxygen atoms in total. The lowest BCUT2D eigenvalue weighted by Gasteiger charge is -2.21. The number of hydrogen-bond donors (Lipinski definition) is 1. The molecule has 1 atom stereocenters. The van der Waals surface area contributed by atoms with E-state index in [0.717, 1.165) is 18.9 Å². The number of likely N-dealkylation sites (N-methyl/N-ethyl adjacent to an activating group) is 1. The van der Waals surface area contributed by atoms with Crippen molar-refractivity contribution in [3.8, 4) is 0 Å². The van der Waals surface area contributed by atoms with Gasteiger partial charge in [0.25, 0.3) is 0 Å². The molecule has 1 N–H and O–H groups in total. The first-order valence-electron chi connectivity index (χ1n) is 7.43. The maximum atomic E-state index is 12.3. The summed E-state index contributed by atoms with van der Waals surface area (Å²) in [6.07, 6.45) is 7.63. The van der Waals surface area contributed by atoms with Crippen LogP contribution in [0.3, 0.4) is 0 Å². The van der Waals surface area contributed by atoms with Gasteiger partial charge in [0.2, 0.25) is 5.91 Å². The Morgan fingerprint density at radius 1 is 1.41 bits per heavy atom. The lowest BCUT2D eigenvalue weighted by Crippen LogP contribution is -2.41. The highest BCUT2D eigenvalue weighted by atomic mass is 16.2. The number of nitrogens with one attached hydrogen (secondary N) is 1. The molecule has 114 valence electrons. The number of amides is 1. The van der Waals surface area contributed by atoms with Crippen LogP contribution in [-0.4, -0.2) is 40.0 Å². The topological polar surface area (TPSA) is 50.2 Å². The van der Waals surface area contributed by atoms with Crippen molar-refractivity contribution in [2.24, 2.45) is 0 Å². The van der Waals surface area contributed by atoms with Gasteiger partial charge in [-0.05, 0) is 5.56 Å². The van der Waals surface area contributed by atoms with E-state index < -0.39 is 0 Å². The van der Waals surface area contributed by atoms with Gasteiger partial charge < -0.3 is 9.47 Å². The highest BCUT2D eigenvalue weighted by molar-refractivity contribution is 5.84. The quantitative estimate of drug-likeness (QED) is 0.849. The molecule has 1 aromatic carbocycles. The number of benzene rings is 1. The number of imidazole rings is 1. The van der Waals surface area contributed by atoms with E-state index in [4.69, 9.17) is 0 Å². The van der Waals surface area contributed by atoms with Crippen molar-refractivity contribution in [2.45, 2.75) is 19.1 Å². The summed E-state index contributed by atoms with van der Waals surface area (Å²) in [6.45, 7) is 2.03. The van der Waals surface area contributed by atoms with Gasteiger partial charge in [0.1, 0.15) is 11.9 Å². The predicted molar refractivity (Wildman–Crippen MR) is 85.2 cm³/mol. The van der Waals surface area contributed by atoms with Crippen LogP contribution in [0.5, 0.6) is 0 Å². The maximum absolute atomic E-state index is 12.3. The molecule has 1 aliphatic heterocycles. The fourth-order valence-electron chi connectivity index (χ4n) is 2.58. The predicted octanol–water partition coefficient (Wildman–Crippen LogP) is 1.42. The number of carbonyl (C=O) groups is 1. The van der Waals surface area contributed by atoms with Gasteiger partial charge >= 0.3 is 0 Å². The molecule has 0 aliphatic carbocycles. The van der Waals surface area contributed by atoms with Gasteiger partial charge in [-0.1, -0.05) is 42.5 Å². The Morgan fingerprint density at radius 3 is 2.95 bits per heavy atom. The number of aromatic nitrogens is 2. The van der Waals surface area contributed by atoms with E-state index in [0.29, 0.717) is 6.54 Å². The van der Waals surface area contributed by atoms with Gasteiger partial charge in [0, 0.05) is 32.5 Å². The van der Waals surface area contributed by atoms with E-state index in [1.807, 2.05) is 43.6 Å². The molecule has 1 aromatic heterocycles. The lowest BCUT2D eigenvalue weighted by atomic mass is 10.2. The monoisotopic (exact) mass is 296 g/mol. The van der Waals surface area contributed by atoms with Crippen LogP contribution < -0.4 is 5.32 Å².